The first-order chi connectivity index (χ1) is 4.50. The first-order valence-corrected chi connectivity index (χ1v) is 5.56. The van der Waals surface area contributed by atoms with Gasteiger partial charge >= 0.3 is 15.2 Å². The first-order valence-electron chi connectivity index (χ1n) is 2.34. The van der Waals surface area contributed by atoms with Crippen LogP contribution in [0.1, 0.15) is 6.92 Å². The molecule has 0 aromatic rings. The standard InChI is InChI=1S/C2H8O7P2.2Li/c1-2(3,10(4,5)6)11(7,8)9;;/h3H,1H3,(H2,4,5,6)(H2,7,8,9);;. The van der Waals surface area contributed by atoms with Crippen LogP contribution in [-0.4, -0.2) is 67.5 Å². The molecule has 0 atom stereocenters. The molecule has 0 aromatic carbocycles. The fourth-order valence-electron chi connectivity index (χ4n) is 0.170. The molecule has 11 heteroatoms. The summed E-state index contributed by atoms with van der Waals surface area (Å²) in [5, 5.41) is 5.37. The Balaban J connectivity index is -0.000000500. The zero-order chi connectivity index (χ0) is 9.50. The third kappa shape index (κ3) is 4.66. The number of hydrogen-bond donors (Lipinski definition) is 5. The van der Waals surface area contributed by atoms with Crippen LogP contribution in [0, 0.1) is 0 Å². The minimum absolute atomic E-state index is 0. The second-order valence-corrected chi connectivity index (χ2v) is 6.33. The molecular weight excluding hydrogens is 212 g/mol. The molecule has 0 aliphatic carbocycles. The summed E-state index contributed by atoms with van der Waals surface area (Å²) in [6.07, 6.45) is 0. The fraction of sp³-hybridized carbons (Fsp3) is 1.00. The van der Waals surface area contributed by atoms with E-state index < -0.39 is 20.3 Å². The quantitative estimate of drug-likeness (QED) is 0.275. The summed E-state index contributed by atoms with van der Waals surface area (Å²) in [4.78, 5) is 33.0. The van der Waals surface area contributed by atoms with Gasteiger partial charge < -0.3 is 24.7 Å². The molecule has 13 heavy (non-hydrogen) atoms. The van der Waals surface area contributed by atoms with Crippen molar-refractivity contribution in [3.63, 3.8) is 0 Å². The van der Waals surface area contributed by atoms with Gasteiger partial charge in [-0.25, -0.2) is 0 Å². The van der Waals surface area contributed by atoms with E-state index in [1.54, 1.807) is 0 Å². The van der Waals surface area contributed by atoms with Crippen LogP contribution >= 0.6 is 15.2 Å². The van der Waals surface area contributed by atoms with Gasteiger partial charge in [0.1, 0.15) is 0 Å². The van der Waals surface area contributed by atoms with E-state index in [0.29, 0.717) is 6.92 Å². The van der Waals surface area contributed by atoms with Gasteiger partial charge in [-0.15, -0.1) is 0 Å². The Labute approximate surface area is 98.6 Å². The molecular formula is C2H8Li2O7P2. The molecule has 0 aromatic heterocycles. The average Bonchev–Trinajstić information content (AvgIpc) is 1.58. The van der Waals surface area contributed by atoms with Crippen molar-refractivity contribution in [1.29, 1.82) is 0 Å². The third-order valence-corrected chi connectivity index (χ3v) is 4.87. The van der Waals surface area contributed by atoms with Crippen LogP contribution in [0.3, 0.4) is 0 Å². The Morgan fingerprint density at radius 2 is 1.08 bits per heavy atom. The van der Waals surface area contributed by atoms with Crippen LogP contribution in [0.25, 0.3) is 0 Å². The summed E-state index contributed by atoms with van der Waals surface area (Å²) in [7, 11) is -10.4. The van der Waals surface area contributed by atoms with Crippen molar-refractivity contribution in [1.82, 2.24) is 0 Å². The van der Waals surface area contributed by atoms with Crippen molar-refractivity contribution in [2.75, 3.05) is 0 Å². The van der Waals surface area contributed by atoms with Crippen molar-refractivity contribution in [2.45, 2.75) is 12.0 Å². The van der Waals surface area contributed by atoms with Crippen LogP contribution in [0.4, 0.5) is 0 Å². The van der Waals surface area contributed by atoms with Crippen molar-refractivity contribution in [3.05, 3.63) is 0 Å². The topological polar surface area (TPSA) is 135 Å². The van der Waals surface area contributed by atoms with E-state index in [4.69, 9.17) is 24.7 Å². The predicted octanol–water partition coefficient (Wildman–Crippen LogP) is -1.75. The second-order valence-electron chi connectivity index (χ2n) is 2.06. The predicted molar refractivity (Wildman–Crippen MR) is 46.2 cm³/mol. The molecule has 0 amide bonds. The summed E-state index contributed by atoms with van der Waals surface area (Å²) >= 11 is 0. The molecule has 0 saturated carbocycles. The summed E-state index contributed by atoms with van der Waals surface area (Å²) in [6.45, 7) is 0.383. The molecule has 0 heterocycles. The smallest absolute Gasteiger partial charge is 0.368 e. The molecule has 0 bridgehead atoms. The van der Waals surface area contributed by atoms with Gasteiger partial charge in [-0.2, -0.15) is 0 Å². The molecule has 5 N–H and O–H groups in total. The summed E-state index contributed by atoms with van der Waals surface area (Å²) in [5.74, 6) is 0. The molecule has 0 saturated heterocycles. The van der Waals surface area contributed by atoms with Gasteiger partial charge in [0.05, 0.1) is 0 Å². The van der Waals surface area contributed by atoms with E-state index in [1.807, 2.05) is 0 Å². The second kappa shape index (κ2) is 5.51. The first kappa shape index (κ1) is 19.9. The van der Waals surface area contributed by atoms with Gasteiger partial charge in [0.2, 0.25) is 0 Å². The van der Waals surface area contributed by atoms with Gasteiger partial charge in [0.15, 0.2) is 0 Å². The fourth-order valence-corrected chi connectivity index (χ4v) is 1.53. The Morgan fingerprint density at radius 3 is 1.08 bits per heavy atom. The maximum absolute atomic E-state index is 10.3. The van der Waals surface area contributed by atoms with Crippen LogP contribution in [0.2, 0.25) is 0 Å². The Morgan fingerprint density at radius 1 is 0.923 bits per heavy atom. The van der Waals surface area contributed by atoms with Crippen molar-refractivity contribution < 1.29 is 33.8 Å². The summed E-state index contributed by atoms with van der Waals surface area (Å²) < 4.78 is 20.5. The van der Waals surface area contributed by atoms with Gasteiger partial charge in [0, 0.05) is 37.7 Å². The monoisotopic (exact) mass is 220 g/mol. The molecule has 0 unspecified atom stereocenters. The van der Waals surface area contributed by atoms with E-state index in [-0.39, 0.29) is 37.7 Å². The molecule has 2 radical (unpaired) electrons. The van der Waals surface area contributed by atoms with Gasteiger partial charge in [-0.05, 0) is 6.92 Å². The van der Waals surface area contributed by atoms with E-state index in [9.17, 15) is 9.13 Å². The summed E-state index contributed by atoms with van der Waals surface area (Å²) in [5.41, 5.74) is 0. The molecule has 0 aliphatic rings. The maximum atomic E-state index is 10.3. The Kier molecular flexibility index (Phi) is 8.46. The number of rotatable bonds is 2. The van der Waals surface area contributed by atoms with Crippen LogP contribution in [0.15, 0.2) is 0 Å². The normalized spacial score (nSPS) is 12.8. The molecule has 7 nitrogen and oxygen atoms in total. The molecule has 0 aliphatic heterocycles. The Hall–Kier alpha value is 1.45. The molecule has 0 fully saturated rings. The Bertz CT molecular complexity index is 215. The van der Waals surface area contributed by atoms with Gasteiger partial charge in [0.25, 0.3) is 5.08 Å². The third-order valence-electron chi connectivity index (χ3n) is 1.10. The van der Waals surface area contributed by atoms with Gasteiger partial charge in [-0.1, -0.05) is 0 Å². The van der Waals surface area contributed by atoms with E-state index >= 15 is 0 Å². The molecule has 70 valence electrons. The van der Waals surface area contributed by atoms with Crippen LogP contribution < -0.4 is 0 Å². The van der Waals surface area contributed by atoms with Crippen LogP contribution in [-0.2, 0) is 9.13 Å². The SMILES string of the molecule is CC(O)(P(=O)(O)O)P(=O)(O)O.[Li].[Li]. The van der Waals surface area contributed by atoms with E-state index in [1.165, 1.54) is 0 Å². The minimum Gasteiger partial charge on any atom is -0.368 e. The van der Waals surface area contributed by atoms with Crippen molar-refractivity contribution in [2.24, 2.45) is 0 Å². The van der Waals surface area contributed by atoms with E-state index in [0.717, 1.165) is 0 Å². The maximum Gasteiger partial charge on any atom is 0.369 e. The van der Waals surface area contributed by atoms with E-state index in [2.05, 4.69) is 0 Å². The minimum atomic E-state index is -5.20. The molecule has 0 rings (SSSR count). The molecule has 0 spiro atoms. The van der Waals surface area contributed by atoms with Crippen molar-refractivity contribution >= 4 is 52.9 Å². The van der Waals surface area contributed by atoms with Crippen LogP contribution in [0.5, 0.6) is 0 Å². The number of aliphatic hydroxyl groups is 1. The number of hydrogen-bond acceptors (Lipinski definition) is 3. The summed E-state index contributed by atoms with van der Waals surface area (Å²) in [6, 6.07) is 0. The zero-order valence-electron chi connectivity index (χ0n) is 7.45. The van der Waals surface area contributed by atoms with Crippen molar-refractivity contribution in [3.8, 4) is 0 Å². The largest absolute Gasteiger partial charge is 0.369 e. The zero-order valence-corrected chi connectivity index (χ0v) is 9.24. The van der Waals surface area contributed by atoms with Gasteiger partial charge in [-0.3, -0.25) is 9.13 Å². The average molecular weight is 220 g/mol.